The fraction of sp³-hybridized carbons (Fsp3) is 0.273. The molecule has 3 amide bonds. The Morgan fingerprint density at radius 1 is 1.13 bits per heavy atom. The van der Waals surface area contributed by atoms with Crippen molar-refractivity contribution in [2.45, 2.75) is 32.7 Å². The fourth-order valence-electron chi connectivity index (χ4n) is 3.62. The lowest BCUT2D eigenvalue weighted by Gasteiger charge is -2.24. The van der Waals surface area contributed by atoms with Gasteiger partial charge >= 0.3 is 6.03 Å². The molecular formula is C22H22ClN5O2S. The number of anilines is 2. The molecule has 4 rings (SSSR count). The van der Waals surface area contributed by atoms with Crippen LogP contribution in [-0.4, -0.2) is 39.6 Å². The number of carbonyl (C=O) groups is 2. The number of likely N-dealkylation sites (tertiary alicyclic amines) is 1. The van der Waals surface area contributed by atoms with E-state index in [1.807, 2.05) is 44.2 Å². The van der Waals surface area contributed by atoms with E-state index in [9.17, 15) is 9.59 Å². The third-order valence-corrected chi connectivity index (χ3v) is 6.29. The number of hydrogen-bond donors (Lipinski definition) is 2. The first-order valence-corrected chi connectivity index (χ1v) is 11.2. The minimum absolute atomic E-state index is 0.262. The molecule has 1 fully saturated rings. The van der Waals surface area contributed by atoms with Crippen molar-refractivity contribution in [3.63, 3.8) is 0 Å². The average molecular weight is 456 g/mol. The molecule has 0 aliphatic carbocycles. The van der Waals surface area contributed by atoms with E-state index in [2.05, 4.69) is 20.8 Å². The van der Waals surface area contributed by atoms with E-state index >= 15 is 0 Å². The first kappa shape index (κ1) is 21.3. The summed E-state index contributed by atoms with van der Waals surface area (Å²) in [4.78, 5) is 27.3. The van der Waals surface area contributed by atoms with Gasteiger partial charge in [-0.3, -0.25) is 10.1 Å². The molecule has 1 atom stereocenters. The largest absolute Gasteiger partial charge is 0.322 e. The Hall–Kier alpha value is -2.97. The molecule has 9 heteroatoms. The van der Waals surface area contributed by atoms with Gasteiger partial charge in [0.25, 0.3) is 0 Å². The monoisotopic (exact) mass is 455 g/mol. The molecule has 31 heavy (non-hydrogen) atoms. The van der Waals surface area contributed by atoms with E-state index in [1.165, 1.54) is 11.3 Å². The summed E-state index contributed by atoms with van der Waals surface area (Å²) in [7, 11) is 0. The van der Waals surface area contributed by atoms with Crippen molar-refractivity contribution in [2.75, 3.05) is 17.2 Å². The third kappa shape index (κ3) is 4.86. The maximum Gasteiger partial charge on any atom is 0.322 e. The highest BCUT2D eigenvalue weighted by atomic mass is 35.5. The van der Waals surface area contributed by atoms with Crippen LogP contribution in [0.4, 0.5) is 15.6 Å². The molecule has 1 saturated heterocycles. The van der Waals surface area contributed by atoms with Crippen LogP contribution >= 0.6 is 22.9 Å². The zero-order valence-electron chi connectivity index (χ0n) is 17.2. The highest BCUT2D eigenvalue weighted by Gasteiger charge is 2.34. The number of nitrogens with zero attached hydrogens (tertiary/aromatic N) is 3. The van der Waals surface area contributed by atoms with Crippen LogP contribution in [0.5, 0.6) is 0 Å². The summed E-state index contributed by atoms with van der Waals surface area (Å²) in [6.07, 6.45) is 1.37. The first-order chi connectivity index (χ1) is 14.9. The van der Waals surface area contributed by atoms with E-state index < -0.39 is 6.04 Å². The highest BCUT2D eigenvalue weighted by molar-refractivity contribution is 7.18. The summed E-state index contributed by atoms with van der Waals surface area (Å²) < 4.78 is 0. The van der Waals surface area contributed by atoms with Crippen LogP contribution < -0.4 is 10.6 Å². The van der Waals surface area contributed by atoms with E-state index in [4.69, 9.17) is 11.6 Å². The van der Waals surface area contributed by atoms with Crippen molar-refractivity contribution in [1.82, 2.24) is 15.1 Å². The summed E-state index contributed by atoms with van der Waals surface area (Å²) in [5.41, 5.74) is 3.69. The summed E-state index contributed by atoms with van der Waals surface area (Å²) in [5, 5.41) is 15.6. The Labute approximate surface area is 189 Å². The molecule has 3 aromatic rings. The lowest BCUT2D eigenvalue weighted by atomic mass is 10.1. The molecule has 160 valence electrons. The van der Waals surface area contributed by atoms with Crippen LogP contribution in [0.25, 0.3) is 10.6 Å². The second-order valence-electron chi connectivity index (χ2n) is 7.51. The molecule has 0 radical (unpaired) electrons. The topological polar surface area (TPSA) is 87.2 Å². The van der Waals surface area contributed by atoms with Crippen molar-refractivity contribution in [3.05, 3.63) is 58.6 Å². The van der Waals surface area contributed by atoms with Crippen molar-refractivity contribution in [1.29, 1.82) is 0 Å². The third-order valence-electron chi connectivity index (χ3n) is 5.17. The van der Waals surface area contributed by atoms with E-state index in [1.54, 1.807) is 17.0 Å². The number of aryl methyl sites for hydroxylation is 2. The van der Waals surface area contributed by atoms with Crippen molar-refractivity contribution < 1.29 is 9.59 Å². The molecule has 7 nitrogen and oxygen atoms in total. The minimum atomic E-state index is -0.552. The van der Waals surface area contributed by atoms with Crippen LogP contribution in [0.15, 0.2) is 42.5 Å². The highest BCUT2D eigenvalue weighted by Crippen LogP contribution is 2.29. The zero-order chi connectivity index (χ0) is 22.0. The normalized spacial score (nSPS) is 15.7. The van der Waals surface area contributed by atoms with Crippen molar-refractivity contribution in [3.8, 4) is 10.6 Å². The SMILES string of the molecule is Cc1ccc(NC(=O)N2CCCC2C(=O)Nc2nnc(-c3cccc(Cl)c3)s2)c(C)c1. The molecule has 2 heterocycles. The second-order valence-corrected chi connectivity index (χ2v) is 8.93. The van der Waals surface area contributed by atoms with E-state index in [-0.39, 0.29) is 11.9 Å². The quantitative estimate of drug-likeness (QED) is 0.572. The number of halogens is 1. The number of nitrogens with one attached hydrogen (secondary N) is 2. The molecule has 2 N–H and O–H groups in total. The van der Waals surface area contributed by atoms with Gasteiger partial charge in [-0.25, -0.2) is 4.79 Å². The summed E-state index contributed by atoms with van der Waals surface area (Å²) in [6, 6.07) is 12.3. The van der Waals surface area contributed by atoms with Crippen LogP contribution in [0.1, 0.15) is 24.0 Å². The molecule has 1 aliphatic rings. The fourth-order valence-corrected chi connectivity index (χ4v) is 4.56. The number of urea groups is 1. The maximum absolute atomic E-state index is 12.9. The average Bonchev–Trinajstić information content (AvgIpc) is 3.40. The van der Waals surface area contributed by atoms with Crippen LogP contribution in [-0.2, 0) is 4.79 Å². The lowest BCUT2D eigenvalue weighted by Crippen LogP contribution is -2.45. The summed E-state index contributed by atoms with van der Waals surface area (Å²) in [6.45, 7) is 4.48. The standard InChI is InChI=1S/C22H22ClN5O2S/c1-13-8-9-17(14(2)11-13)24-22(30)28-10-4-7-18(28)19(29)25-21-27-26-20(31-21)15-5-3-6-16(23)12-15/h3,5-6,8-9,11-12,18H,4,7,10H2,1-2H3,(H,24,30)(H,25,27,29). The molecule has 0 bridgehead atoms. The Morgan fingerprint density at radius 2 is 1.97 bits per heavy atom. The predicted molar refractivity (Wildman–Crippen MR) is 124 cm³/mol. The number of carbonyl (C=O) groups excluding carboxylic acids is 2. The van der Waals surface area contributed by atoms with Crippen LogP contribution in [0, 0.1) is 13.8 Å². The molecule has 2 aromatic carbocycles. The number of aromatic nitrogens is 2. The van der Waals surface area contributed by atoms with Gasteiger partial charge in [0, 0.05) is 22.8 Å². The van der Waals surface area contributed by atoms with Crippen LogP contribution in [0.3, 0.4) is 0 Å². The molecule has 0 spiro atoms. The van der Waals surface area contributed by atoms with Crippen molar-refractivity contribution in [2.24, 2.45) is 0 Å². The van der Waals surface area contributed by atoms with Gasteiger partial charge in [-0.2, -0.15) is 0 Å². The smallest absolute Gasteiger partial charge is 0.312 e. The van der Waals surface area contributed by atoms with E-state index in [0.29, 0.717) is 28.1 Å². The van der Waals surface area contributed by atoms with Crippen LogP contribution in [0.2, 0.25) is 5.02 Å². The summed E-state index contributed by atoms with van der Waals surface area (Å²) >= 11 is 7.30. The van der Waals surface area contributed by atoms with E-state index in [0.717, 1.165) is 28.8 Å². The van der Waals surface area contributed by atoms with Crippen molar-refractivity contribution >= 4 is 45.7 Å². The Bertz CT molecular complexity index is 1130. The minimum Gasteiger partial charge on any atom is -0.312 e. The van der Waals surface area contributed by atoms with Gasteiger partial charge in [0.2, 0.25) is 11.0 Å². The zero-order valence-corrected chi connectivity index (χ0v) is 18.8. The second kappa shape index (κ2) is 9.03. The lowest BCUT2D eigenvalue weighted by molar-refractivity contribution is -0.119. The van der Waals surface area contributed by atoms with Gasteiger partial charge in [0.1, 0.15) is 11.0 Å². The molecular weight excluding hydrogens is 434 g/mol. The van der Waals surface area contributed by atoms with Gasteiger partial charge in [0.15, 0.2) is 0 Å². The molecule has 1 unspecified atom stereocenters. The predicted octanol–water partition coefficient (Wildman–Crippen LogP) is 5.11. The summed E-state index contributed by atoms with van der Waals surface area (Å²) in [5.74, 6) is -0.262. The maximum atomic E-state index is 12.9. The van der Waals surface area contributed by atoms with Gasteiger partial charge in [-0.1, -0.05) is 52.8 Å². The number of rotatable bonds is 4. The molecule has 1 aromatic heterocycles. The Morgan fingerprint density at radius 3 is 2.74 bits per heavy atom. The van der Waals surface area contributed by atoms with Gasteiger partial charge < -0.3 is 10.2 Å². The van der Waals surface area contributed by atoms with Gasteiger partial charge in [-0.15, -0.1) is 10.2 Å². The van der Waals surface area contributed by atoms with Gasteiger partial charge in [0.05, 0.1) is 0 Å². The first-order valence-electron chi connectivity index (χ1n) is 9.96. The number of amides is 3. The Kier molecular flexibility index (Phi) is 6.20. The molecule has 0 saturated carbocycles. The Balaban J connectivity index is 1.43. The molecule has 1 aliphatic heterocycles. The number of benzene rings is 2. The van der Waals surface area contributed by atoms with Gasteiger partial charge in [-0.05, 0) is 50.5 Å². The number of hydrogen-bond acceptors (Lipinski definition) is 5.